The molecule has 6 rings (SSSR count). The van der Waals surface area contributed by atoms with Crippen LogP contribution in [0.15, 0.2) is 60.7 Å². The minimum atomic E-state index is -0.832. The highest BCUT2D eigenvalue weighted by molar-refractivity contribution is 6.06. The molecule has 0 radical (unpaired) electrons. The number of phenols is 5. The van der Waals surface area contributed by atoms with E-state index in [9.17, 15) is 35.1 Å². The van der Waals surface area contributed by atoms with Gasteiger partial charge in [-0.15, -0.1) is 0 Å². The molecule has 4 aromatic rings. The fourth-order valence-corrected chi connectivity index (χ4v) is 5.32. The normalized spacial score (nSPS) is 17.7. The maximum Gasteiger partial charge on any atom is 0.174 e. The molecular formula is C31H24O10. The summed E-state index contributed by atoms with van der Waals surface area (Å²) in [5, 5.41) is 51.4. The Kier molecular flexibility index (Phi) is 6.10. The lowest BCUT2D eigenvalue weighted by atomic mass is 9.89. The van der Waals surface area contributed by atoms with Crippen LogP contribution in [0.3, 0.4) is 0 Å². The highest BCUT2D eigenvalue weighted by Crippen LogP contribution is 2.52. The van der Waals surface area contributed by atoms with Crippen LogP contribution in [0.1, 0.15) is 56.9 Å². The van der Waals surface area contributed by atoms with Crippen molar-refractivity contribution >= 4 is 11.6 Å². The molecule has 0 amide bonds. The Morgan fingerprint density at radius 2 is 1.29 bits per heavy atom. The highest BCUT2D eigenvalue weighted by Gasteiger charge is 2.36. The summed E-state index contributed by atoms with van der Waals surface area (Å²) in [5.41, 5.74) is 1.39. The van der Waals surface area contributed by atoms with E-state index in [1.54, 1.807) is 24.3 Å². The summed E-state index contributed by atoms with van der Waals surface area (Å²) >= 11 is 0. The molecule has 0 saturated carbocycles. The van der Waals surface area contributed by atoms with Gasteiger partial charge in [0.15, 0.2) is 11.6 Å². The van der Waals surface area contributed by atoms with E-state index in [2.05, 4.69) is 0 Å². The van der Waals surface area contributed by atoms with E-state index in [1.165, 1.54) is 37.4 Å². The van der Waals surface area contributed by atoms with Gasteiger partial charge in [-0.25, -0.2) is 0 Å². The van der Waals surface area contributed by atoms with Crippen molar-refractivity contribution in [1.82, 2.24) is 0 Å². The van der Waals surface area contributed by atoms with Gasteiger partial charge in [-0.3, -0.25) is 9.59 Å². The molecular weight excluding hydrogens is 532 g/mol. The zero-order valence-electron chi connectivity index (χ0n) is 21.6. The molecule has 0 fully saturated rings. The molecule has 5 N–H and O–H groups in total. The van der Waals surface area contributed by atoms with Crippen LogP contribution in [-0.4, -0.2) is 44.2 Å². The summed E-state index contributed by atoms with van der Waals surface area (Å²) in [4.78, 5) is 26.1. The van der Waals surface area contributed by atoms with Gasteiger partial charge < -0.3 is 39.7 Å². The van der Waals surface area contributed by atoms with Crippen molar-refractivity contribution in [3.8, 4) is 57.1 Å². The average Bonchev–Trinajstić information content (AvgIpc) is 2.92. The Bertz CT molecular complexity index is 1720. The number of carbonyl (C=O) groups is 2. The van der Waals surface area contributed by atoms with Crippen molar-refractivity contribution < 1.29 is 49.3 Å². The molecule has 41 heavy (non-hydrogen) atoms. The lowest BCUT2D eigenvalue weighted by Crippen LogP contribution is -2.21. The first-order valence-electron chi connectivity index (χ1n) is 12.7. The standard InChI is InChI=1S/C31H24O10/c1-39-26-13-23(38)30-22(37)12-24(14-2-5-16(32)6-3-14)41-31(30)28(26)18-8-15(4-7-19(18)34)25-11-21(36)29-20(35)9-17(33)10-27(29)40-25/h2-10,13,24-25,32-35,38H,11-12H2,1H3. The number of carbonyl (C=O) groups excluding carboxylic acids is 2. The number of aromatic hydroxyl groups is 5. The van der Waals surface area contributed by atoms with Gasteiger partial charge in [0.25, 0.3) is 0 Å². The minimum Gasteiger partial charge on any atom is -0.508 e. The third-order valence-electron chi connectivity index (χ3n) is 7.27. The zero-order chi connectivity index (χ0) is 29.0. The number of fused-ring (bicyclic) bond motifs is 2. The average molecular weight is 557 g/mol. The number of rotatable bonds is 4. The van der Waals surface area contributed by atoms with E-state index in [1.807, 2.05) is 0 Å². The van der Waals surface area contributed by atoms with Gasteiger partial charge in [0.2, 0.25) is 0 Å². The summed E-state index contributed by atoms with van der Waals surface area (Å²) in [6, 6.07) is 14.3. The number of hydrogen-bond acceptors (Lipinski definition) is 10. The van der Waals surface area contributed by atoms with Crippen molar-refractivity contribution in [3.05, 3.63) is 82.9 Å². The summed E-state index contributed by atoms with van der Waals surface area (Å²) in [6.07, 6.45) is -1.78. The van der Waals surface area contributed by atoms with Crippen molar-refractivity contribution in [2.45, 2.75) is 25.0 Å². The van der Waals surface area contributed by atoms with Crippen molar-refractivity contribution in [3.63, 3.8) is 0 Å². The lowest BCUT2D eigenvalue weighted by Gasteiger charge is -2.30. The molecule has 0 aliphatic carbocycles. The number of ether oxygens (including phenoxy) is 3. The third-order valence-corrected chi connectivity index (χ3v) is 7.27. The Balaban J connectivity index is 1.47. The van der Waals surface area contributed by atoms with Crippen LogP contribution >= 0.6 is 0 Å². The van der Waals surface area contributed by atoms with E-state index in [0.29, 0.717) is 11.1 Å². The Morgan fingerprint density at radius 3 is 2.00 bits per heavy atom. The molecule has 208 valence electrons. The maximum atomic E-state index is 13.3. The second-order valence-corrected chi connectivity index (χ2v) is 9.85. The predicted octanol–water partition coefficient (Wildman–Crippen LogP) is 5.30. The van der Waals surface area contributed by atoms with Crippen LogP contribution < -0.4 is 14.2 Å². The summed E-state index contributed by atoms with van der Waals surface area (Å²) in [5.74, 6) is -1.79. The smallest absolute Gasteiger partial charge is 0.174 e. The molecule has 2 atom stereocenters. The van der Waals surface area contributed by atoms with E-state index in [-0.39, 0.29) is 86.9 Å². The van der Waals surface area contributed by atoms with E-state index >= 15 is 0 Å². The Morgan fingerprint density at radius 1 is 0.659 bits per heavy atom. The first-order chi connectivity index (χ1) is 19.6. The van der Waals surface area contributed by atoms with Crippen LogP contribution in [0.5, 0.6) is 46.0 Å². The quantitative estimate of drug-likeness (QED) is 0.223. The maximum absolute atomic E-state index is 13.3. The first kappa shape index (κ1) is 25.9. The monoisotopic (exact) mass is 556 g/mol. The van der Waals surface area contributed by atoms with Gasteiger partial charge >= 0.3 is 0 Å². The molecule has 0 aromatic heterocycles. The minimum absolute atomic E-state index is 0.00412. The second kappa shape index (κ2) is 9.67. The van der Waals surface area contributed by atoms with Gasteiger partial charge in [0, 0.05) is 23.8 Å². The molecule has 2 aliphatic heterocycles. The number of hydrogen-bond donors (Lipinski definition) is 5. The van der Waals surface area contributed by atoms with E-state index < -0.39 is 18.0 Å². The predicted molar refractivity (Wildman–Crippen MR) is 144 cm³/mol. The Labute approximate surface area is 233 Å². The number of phenolic OH excluding ortho intramolecular Hbond substituents is 5. The number of ketones is 2. The van der Waals surface area contributed by atoms with E-state index in [0.717, 1.165) is 6.07 Å². The van der Waals surface area contributed by atoms with Crippen LogP contribution in [0.4, 0.5) is 0 Å². The first-order valence-corrected chi connectivity index (χ1v) is 12.7. The van der Waals surface area contributed by atoms with Crippen molar-refractivity contribution in [2.75, 3.05) is 7.11 Å². The number of methoxy groups -OCH3 is 1. The van der Waals surface area contributed by atoms with Crippen LogP contribution in [0.2, 0.25) is 0 Å². The zero-order valence-corrected chi connectivity index (χ0v) is 21.6. The van der Waals surface area contributed by atoms with E-state index in [4.69, 9.17) is 14.2 Å². The van der Waals surface area contributed by atoms with Crippen LogP contribution in [0.25, 0.3) is 11.1 Å². The molecule has 0 spiro atoms. The second-order valence-electron chi connectivity index (χ2n) is 9.85. The summed E-state index contributed by atoms with van der Waals surface area (Å²) in [6.45, 7) is 0. The van der Waals surface area contributed by atoms with Gasteiger partial charge in [0.1, 0.15) is 69.3 Å². The largest absolute Gasteiger partial charge is 0.508 e. The highest BCUT2D eigenvalue weighted by atomic mass is 16.5. The van der Waals surface area contributed by atoms with Crippen LogP contribution in [-0.2, 0) is 0 Å². The Hall–Kier alpha value is -5.38. The molecule has 10 heteroatoms. The third kappa shape index (κ3) is 4.39. The fraction of sp³-hybridized carbons (Fsp3) is 0.161. The molecule has 0 saturated heterocycles. The van der Waals surface area contributed by atoms with Crippen molar-refractivity contribution in [1.29, 1.82) is 0 Å². The van der Waals surface area contributed by atoms with Gasteiger partial charge in [-0.2, -0.15) is 0 Å². The molecule has 0 bridgehead atoms. The molecule has 2 heterocycles. The molecule has 2 aliphatic rings. The van der Waals surface area contributed by atoms with Gasteiger partial charge in [-0.05, 0) is 35.4 Å². The van der Waals surface area contributed by atoms with Gasteiger partial charge in [-0.1, -0.05) is 18.2 Å². The summed E-state index contributed by atoms with van der Waals surface area (Å²) < 4.78 is 17.8. The lowest BCUT2D eigenvalue weighted by molar-refractivity contribution is 0.0834. The van der Waals surface area contributed by atoms with Crippen molar-refractivity contribution in [2.24, 2.45) is 0 Å². The number of benzene rings is 4. The molecule has 4 aromatic carbocycles. The van der Waals surface area contributed by atoms with Crippen LogP contribution in [0, 0.1) is 0 Å². The summed E-state index contributed by atoms with van der Waals surface area (Å²) in [7, 11) is 1.37. The molecule has 10 nitrogen and oxygen atoms in total. The fourth-order valence-electron chi connectivity index (χ4n) is 5.32. The molecule has 2 unspecified atom stereocenters. The van der Waals surface area contributed by atoms with Gasteiger partial charge in [0.05, 0.1) is 25.5 Å². The topological polar surface area (TPSA) is 163 Å². The number of Topliss-reactive ketones (excluding diaryl/α,β-unsaturated/α-hetero) is 2. The SMILES string of the molecule is COc1cc(O)c2c(c1-c1cc(C3CC(=O)c4c(O)cc(O)cc4O3)ccc1O)OC(c1ccc(O)cc1)CC2=O.